The first kappa shape index (κ1) is 22.7. The fraction of sp³-hybridized carbons (Fsp3) is 0.160. The molecule has 2 aromatic carbocycles. The number of rotatable bonds is 4. The number of fused-ring (bicyclic) bond motifs is 2. The molecule has 0 spiro atoms. The molecular formula is C25H20Cl2N8O. The van der Waals surface area contributed by atoms with Gasteiger partial charge in [0.15, 0.2) is 0 Å². The zero-order valence-electron chi connectivity index (χ0n) is 19.2. The van der Waals surface area contributed by atoms with Crippen molar-refractivity contribution in [3.05, 3.63) is 86.6 Å². The zero-order valence-corrected chi connectivity index (χ0v) is 20.7. The Morgan fingerprint density at radius 2 is 1.92 bits per heavy atom. The van der Waals surface area contributed by atoms with Gasteiger partial charge in [-0.05, 0) is 48.4 Å². The predicted octanol–water partition coefficient (Wildman–Crippen LogP) is 4.27. The smallest absolute Gasteiger partial charge is 0.282 e. The third-order valence-corrected chi connectivity index (χ3v) is 6.69. The van der Waals surface area contributed by atoms with Crippen molar-refractivity contribution in [1.29, 1.82) is 0 Å². The van der Waals surface area contributed by atoms with Crippen LogP contribution in [0, 0.1) is 0 Å². The van der Waals surface area contributed by atoms with Crippen molar-refractivity contribution in [2.24, 2.45) is 7.05 Å². The molecule has 36 heavy (non-hydrogen) atoms. The van der Waals surface area contributed by atoms with Crippen LogP contribution in [-0.4, -0.2) is 35.8 Å². The lowest BCUT2D eigenvalue weighted by atomic mass is 10.0. The third-order valence-electron chi connectivity index (χ3n) is 6.08. The molecule has 0 fully saturated rings. The van der Waals surface area contributed by atoms with E-state index < -0.39 is 5.56 Å². The average Bonchev–Trinajstić information content (AvgIpc) is 3.31. The van der Waals surface area contributed by atoms with Crippen molar-refractivity contribution in [3.8, 4) is 17.1 Å². The SMILES string of the molecule is Cn1cnc(-c2nn(-c3c(Cl)cccc3Cl)c(=O)c3cnc(Nc4ccc5c(c4)CNCC5)nc23)c1. The predicted molar refractivity (Wildman–Crippen MR) is 140 cm³/mol. The van der Waals surface area contributed by atoms with E-state index in [0.29, 0.717) is 32.9 Å². The summed E-state index contributed by atoms with van der Waals surface area (Å²) in [5.41, 5.74) is 4.60. The van der Waals surface area contributed by atoms with E-state index in [0.717, 1.165) is 25.2 Å². The first-order chi connectivity index (χ1) is 17.5. The number of hydrogen-bond acceptors (Lipinski definition) is 7. The van der Waals surface area contributed by atoms with Crippen LogP contribution in [0.2, 0.25) is 10.0 Å². The highest BCUT2D eigenvalue weighted by molar-refractivity contribution is 6.37. The maximum Gasteiger partial charge on any atom is 0.282 e. The topological polar surface area (TPSA) is 103 Å². The number of benzene rings is 2. The van der Waals surface area contributed by atoms with E-state index in [1.807, 2.05) is 13.1 Å². The largest absolute Gasteiger partial charge is 0.340 e. The number of imidazole rings is 1. The summed E-state index contributed by atoms with van der Waals surface area (Å²) in [5, 5.41) is 12.1. The van der Waals surface area contributed by atoms with Crippen LogP contribution in [0.15, 0.2) is 59.9 Å². The first-order valence-corrected chi connectivity index (χ1v) is 12.1. The number of anilines is 2. The van der Waals surface area contributed by atoms with Crippen molar-refractivity contribution in [2.75, 3.05) is 11.9 Å². The van der Waals surface area contributed by atoms with E-state index in [2.05, 4.69) is 42.8 Å². The van der Waals surface area contributed by atoms with Crippen LogP contribution < -0.4 is 16.2 Å². The Kier molecular flexibility index (Phi) is 5.67. The van der Waals surface area contributed by atoms with Gasteiger partial charge in [-0.3, -0.25) is 4.79 Å². The first-order valence-electron chi connectivity index (χ1n) is 11.3. The summed E-state index contributed by atoms with van der Waals surface area (Å²) in [6, 6.07) is 11.2. The zero-order chi connectivity index (χ0) is 24.8. The van der Waals surface area contributed by atoms with Crippen LogP contribution in [0.1, 0.15) is 11.1 Å². The van der Waals surface area contributed by atoms with E-state index in [1.165, 1.54) is 22.0 Å². The summed E-state index contributed by atoms with van der Waals surface area (Å²) in [6.45, 7) is 1.80. The molecule has 0 saturated heterocycles. The fourth-order valence-corrected chi connectivity index (χ4v) is 4.88. The highest BCUT2D eigenvalue weighted by atomic mass is 35.5. The summed E-state index contributed by atoms with van der Waals surface area (Å²) >= 11 is 12.8. The molecule has 9 nitrogen and oxygen atoms in total. The third kappa shape index (κ3) is 4.01. The van der Waals surface area contributed by atoms with Gasteiger partial charge in [0.25, 0.3) is 5.56 Å². The second-order valence-corrected chi connectivity index (χ2v) is 9.37. The molecule has 1 aliphatic heterocycles. The Bertz CT molecular complexity index is 1670. The van der Waals surface area contributed by atoms with Gasteiger partial charge in [-0.1, -0.05) is 35.3 Å². The molecule has 2 N–H and O–H groups in total. The van der Waals surface area contributed by atoms with E-state index in [-0.39, 0.29) is 11.1 Å². The molecule has 6 rings (SSSR count). The van der Waals surface area contributed by atoms with Gasteiger partial charge in [0.05, 0.1) is 21.8 Å². The molecule has 0 saturated carbocycles. The summed E-state index contributed by atoms with van der Waals surface area (Å²) in [7, 11) is 1.85. The number of nitrogens with zero attached hydrogens (tertiary/aromatic N) is 6. The molecule has 0 bridgehead atoms. The molecule has 0 unspecified atom stereocenters. The Balaban J connectivity index is 1.52. The van der Waals surface area contributed by atoms with Crippen LogP contribution >= 0.6 is 23.2 Å². The summed E-state index contributed by atoms with van der Waals surface area (Å²) in [5.74, 6) is 0.345. The fourth-order valence-electron chi connectivity index (χ4n) is 4.32. The minimum atomic E-state index is -0.439. The van der Waals surface area contributed by atoms with Crippen LogP contribution in [0.5, 0.6) is 0 Å². The number of para-hydroxylation sites is 1. The Morgan fingerprint density at radius 3 is 2.69 bits per heavy atom. The van der Waals surface area contributed by atoms with E-state index in [4.69, 9.17) is 23.2 Å². The normalized spacial score (nSPS) is 13.1. The molecule has 0 radical (unpaired) electrons. The number of nitrogens with one attached hydrogen (secondary N) is 2. The minimum Gasteiger partial charge on any atom is -0.340 e. The number of aromatic nitrogens is 6. The summed E-state index contributed by atoms with van der Waals surface area (Å²) in [4.78, 5) is 27.0. The molecule has 11 heteroatoms. The van der Waals surface area contributed by atoms with E-state index >= 15 is 0 Å². The van der Waals surface area contributed by atoms with Crippen LogP contribution in [0.3, 0.4) is 0 Å². The molecule has 0 aliphatic carbocycles. The Labute approximate surface area is 215 Å². The van der Waals surface area contributed by atoms with Gasteiger partial charge in [-0.15, -0.1) is 0 Å². The minimum absolute atomic E-state index is 0.266. The average molecular weight is 519 g/mol. The van der Waals surface area contributed by atoms with E-state index in [9.17, 15) is 4.79 Å². The van der Waals surface area contributed by atoms with Crippen LogP contribution in [0.4, 0.5) is 11.6 Å². The van der Waals surface area contributed by atoms with Gasteiger partial charge < -0.3 is 15.2 Å². The van der Waals surface area contributed by atoms with Crippen molar-refractivity contribution in [1.82, 2.24) is 34.6 Å². The Morgan fingerprint density at radius 1 is 1.08 bits per heavy atom. The van der Waals surface area contributed by atoms with Gasteiger partial charge in [0, 0.05) is 31.7 Å². The molecule has 1 aliphatic rings. The highest BCUT2D eigenvalue weighted by Crippen LogP contribution is 2.30. The lowest BCUT2D eigenvalue weighted by Gasteiger charge is -2.18. The molecule has 0 amide bonds. The summed E-state index contributed by atoms with van der Waals surface area (Å²) in [6.07, 6.45) is 5.95. The maximum atomic E-state index is 13.5. The molecular weight excluding hydrogens is 499 g/mol. The lowest BCUT2D eigenvalue weighted by molar-refractivity contribution is 0.644. The number of aryl methyl sites for hydroxylation is 1. The van der Waals surface area contributed by atoms with Gasteiger partial charge in [-0.25, -0.2) is 15.0 Å². The quantitative estimate of drug-likeness (QED) is 0.366. The van der Waals surface area contributed by atoms with Gasteiger partial charge >= 0.3 is 0 Å². The standard InChI is InChI=1S/C25H20Cl2N8O/c1-34-12-20(30-13-34)22-21-17(24(36)35(33-22)23-18(26)3-2-4-19(23)27)11-29-25(32-21)31-16-6-5-14-7-8-28-10-15(14)9-16/h2-6,9,11-13,28H,7-8,10H2,1H3,(H,29,31,32). The lowest BCUT2D eigenvalue weighted by Crippen LogP contribution is -2.24. The maximum absolute atomic E-state index is 13.5. The number of hydrogen-bond donors (Lipinski definition) is 2. The monoisotopic (exact) mass is 518 g/mol. The van der Waals surface area contributed by atoms with Gasteiger partial charge in [0.1, 0.15) is 22.6 Å². The molecule has 5 aromatic rings. The van der Waals surface area contributed by atoms with Gasteiger partial charge in [0.2, 0.25) is 5.95 Å². The molecule has 3 aromatic heterocycles. The molecule has 0 atom stereocenters. The highest BCUT2D eigenvalue weighted by Gasteiger charge is 2.20. The Hall–Kier alpha value is -3.79. The second kappa shape index (κ2) is 9.02. The van der Waals surface area contributed by atoms with Crippen molar-refractivity contribution >= 4 is 45.7 Å². The number of halogens is 2. The van der Waals surface area contributed by atoms with E-state index in [1.54, 1.807) is 35.3 Å². The summed E-state index contributed by atoms with van der Waals surface area (Å²) < 4.78 is 2.98. The molecule has 4 heterocycles. The second-order valence-electron chi connectivity index (χ2n) is 8.55. The molecule has 180 valence electrons. The van der Waals surface area contributed by atoms with Crippen molar-refractivity contribution < 1.29 is 0 Å². The van der Waals surface area contributed by atoms with Crippen LogP contribution in [0.25, 0.3) is 28.0 Å². The van der Waals surface area contributed by atoms with Gasteiger partial charge in [-0.2, -0.15) is 9.78 Å². The van der Waals surface area contributed by atoms with Crippen molar-refractivity contribution in [2.45, 2.75) is 13.0 Å². The van der Waals surface area contributed by atoms with Crippen molar-refractivity contribution in [3.63, 3.8) is 0 Å². The van der Waals surface area contributed by atoms with Crippen LogP contribution in [-0.2, 0) is 20.0 Å².